The number of nitrogens with one attached hydrogen (secondary N) is 2. The maximum absolute atomic E-state index is 11.2. The summed E-state index contributed by atoms with van der Waals surface area (Å²) in [6, 6.07) is 14.4. The number of aromatic amines is 2. The molecule has 0 saturated heterocycles. The van der Waals surface area contributed by atoms with Gasteiger partial charge in [-0.1, -0.05) is 0 Å². The number of aromatic nitrogens is 8. The van der Waals surface area contributed by atoms with E-state index in [1.165, 1.54) is 37.4 Å². The summed E-state index contributed by atoms with van der Waals surface area (Å²) in [6.45, 7) is 11.1. The lowest BCUT2D eigenvalue weighted by Crippen LogP contribution is -2.04. The molecular formula is C36H38N8O3. The third-order valence-corrected chi connectivity index (χ3v) is 6.91. The first kappa shape index (κ1) is 35.5. The fourth-order valence-corrected chi connectivity index (χ4v) is 4.00. The van der Waals surface area contributed by atoms with Crippen molar-refractivity contribution in [1.29, 1.82) is 0 Å². The van der Waals surface area contributed by atoms with E-state index in [4.69, 9.17) is 0 Å². The van der Waals surface area contributed by atoms with Crippen LogP contribution in [0.3, 0.4) is 0 Å². The van der Waals surface area contributed by atoms with Gasteiger partial charge in [-0.3, -0.25) is 44.5 Å². The number of Topliss-reactive ketones (excluding diaryl/α,β-unsaturated/α-hetero) is 3. The summed E-state index contributed by atoms with van der Waals surface area (Å²) in [7, 11) is 0. The second-order valence-electron chi connectivity index (χ2n) is 10.4. The average molecular weight is 631 g/mol. The van der Waals surface area contributed by atoms with E-state index in [9.17, 15) is 14.4 Å². The van der Waals surface area contributed by atoms with Gasteiger partial charge >= 0.3 is 0 Å². The summed E-state index contributed by atoms with van der Waals surface area (Å²) >= 11 is 0. The van der Waals surface area contributed by atoms with Gasteiger partial charge < -0.3 is 0 Å². The predicted octanol–water partition coefficient (Wildman–Crippen LogP) is 6.70. The standard InChI is InChI=1S/2C10H11N3.C9H9NO2.C7H7NO/c2*1-7-8(2)12-13-10(7)9-3-5-11-6-4-9;1-7(11)6-9(12)8-2-4-10-5-3-8;1-6(9)7-2-4-8-5-3-7/h2*3-6H,1-2H3,(H,12,13);2-5H,6H2,1H3;2-5H,1H3. The molecule has 0 saturated carbocycles. The molecule has 0 aliphatic carbocycles. The van der Waals surface area contributed by atoms with Crippen LogP contribution < -0.4 is 0 Å². The SMILES string of the molecule is CC(=O)CC(=O)c1ccncc1.CC(=O)c1ccncc1.Cc1[nH]nc(-c2ccncc2)c1C.Cc1[nH]nc(-c2ccncc2)c1C. The van der Waals surface area contributed by atoms with Gasteiger partial charge in [-0.05, 0) is 101 Å². The van der Waals surface area contributed by atoms with Crippen molar-refractivity contribution < 1.29 is 14.4 Å². The minimum Gasteiger partial charge on any atom is -0.300 e. The summed E-state index contributed by atoms with van der Waals surface area (Å²) < 4.78 is 0. The molecule has 0 unspecified atom stereocenters. The van der Waals surface area contributed by atoms with Gasteiger partial charge in [-0.15, -0.1) is 0 Å². The second kappa shape index (κ2) is 18.1. The third-order valence-electron chi connectivity index (χ3n) is 6.91. The molecule has 0 amide bonds. The fourth-order valence-electron chi connectivity index (χ4n) is 4.00. The molecule has 6 rings (SSSR count). The van der Waals surface area contributed by atoms with Crippen molar-refractivity contribution in [2.75, 3.05) is 0 Å². The Bertz CT molecular complexity index is 1770. The van der Waals surface area contributed by atoms with Gasteiger partial charge in [0, 0.05) is 83.2 Å². The smallest absolute Gasteiger partial charge is 0.170 e. The normalized spacial score (nSPS) is 9.83. The van der Waals surface area contributed by atoms with Crippen molar-refractivity contribution in [3.63, 3.8) is 0 Å². The highest BCUT2D eigenvalue weighted by atomic mass is 16.1. The van der Waals surface area contributed by atoms with E-state index >= 15 is 0 Å². The Labute approximate surface area is 274 Å². The molecule has 0 aromatic carbocycles. The molecule has 0 aliphatic rings. The minimum absolute atomic E-state index is 0.0238. The van der Waals surface area contributed by atoms with Crippen LogP contribution in [0.5, 0.6) is 0 Å². The number of ketones is 3. The molecule has 0 fully saturated rings. The van der Waals surface area contributed by atoms with E-state index in [0.717, 1.165) is 33.9 Å². The number of H-pyrrole nitrogens is 2. The number of carbonyl (C=O) groups excluding carboxylic acids is 3. The van der Waals surface area contributed by atoms with Crippen molar-refractivity contribution in [3.8, 4) is 22.5 Å². The molecule has 0 spiro atoms. The van der Waals surface area contributed by atoms with Crippen LogP contribution >= 0.6 is 0 Å². The van der Waals surface area contributed by atoms with Crippen LogP contribution in [0.4, 0.5) is 0 Å². The van der Waals surface area contributed by atoms with Crippen LogP contribution in [-0.4, -0.2) is 57.7 Å². The van der Waals surface area contributed by atoms with Gasteiger partial charge in [-0.2, -0.15) is 10.2 Å². The highest BCUT2D eigenvalue weighted by Crippen LogP contribution is 2.22. The molecule has 2 N–H and O–H groups in total. The maximum Gasteiger partial charge on any atom is 0.170 e. The molecule has 6 aromatic rings. The lowest BCUT2D eigenvalue weighted by molar-refractivity contribution is -0.116. The lowest BCUT2D eigenvalue weighted by Gasteiger charge is -1.96. The van der Waals surface area contributed by atoms with Gasteiger partial charge in [0.2, 0.25) is 0 Å². The second-order valence-corrected chi connectivity index (χ2v) is 10.4. The van der Waals surface area contributed by atoms with E-state index in [0.29, 0.717) is 11.1 Å². The van der Waals surface area contributed by atoms with Gasteiger partial charge in [0.05, 0.1) is 17.8 Å². The first-order valence-corrected chi connectivity index (χ1v) is 14.8. The largest absolute Gasteiger partial charge is 0.300 e. The Balaban J connectivity index is 0.000000172. The quantitative estimate of drug-likeness (QED) is 0.151. The van der Waals surface area contributed by atoms with Crippen LogP contribution in [-0.2, 0) is 4.79 Å². The number of hydrogen-bond donors (Lipinski definition) is 2. The number of nitrogens with zero attached hydrogens (tertiary/aromatic N) is 6. The lowest BCUT2D eigenvalue weighted by atomic mass is 10.1. The highest BCUT2D eigenvalue weighted by molar-refractivity contribution is 6.07. The molecule has 11 nitrogen and oxygen atoms in total. The number of rotatable bonds is 6. The number of aryl methyl sites for hydroxylation is 2. The van der Waals surface area contributed by atoms with Crippen LogP contribution in [0.1, 0.15) is 63.5 Å². The summed E-state index contributed by atoms with van der Waals surface area (Å²) in [5.41, 5.74) is 10.1. The first-order chi connectivity index (χ1) is 22.6. The predicted molar refractivity (Wildman–Crippen MR) is 181 cm³/mol. The molecule has 0 radical (unpaired) electrons. The Kier molecular flexibility index (Phi) is 13.7. The van der Waals surface area contributed by atoms with Crippen molar-refractivity contribution in [2.45, 2.75) is 48.0 Å². The summed E-state index contributed by atoms with van der Waals surface area (Å²) in [4.78, 5) is 47.9. The maximum atomic E-state index is 11.2. The molecule has 0 aliphatic heterocycles. The number of hydrogen-bond acceptors (Lipinski definition) is 9. The molecule has 0 bridgehead atoms. The fraction of sp³-hybridized carbons (Fsp3) is 0.194. The Morgan fingerprint density at radius 3 is 1.15 bits per heavy atom. The van der Waals surface area contributed by atoms with Crippen molar-refractivity contribution in [1.82, 2.24) is 40.3 Å². The van der Waals surface area contributed by atoms with E-state index in [2.05, 4.69) is 54.2 Å². The van der Waals surface area contributed by atoms with Gasteiger partial charge in [0.25, 0.3) is 0 Å². The van der Waals surface area contributed by atoms with Crippen LogP contribution in [0.2, 0.25) is 0 Å². The molecule has 6 heterocycles. The molecule has 47 heavy (non-hydrogen) atoms. The first-order valence-electron chi connectivity index (χ1n) is 14.8. The van der Waals surface area contributed by atoms with Crippen LogP contribution in [0, 0.1) is 27.7 Å². The molecule has 240 valence electrons. The molecule has 11 heteroatoms. The van der Waals surface area contributed by atoms with Crippen molar-refractivity contribution in [3.05, 3.63) is 132 Å². The number of pyridine rings is 4. The van der Waals surface area contributed by atoms with Gasteiger partial charge in [0.15, 0.2) is 11.6 Å². The van der Waals surface area contributed by atoms with E-state index in [-0.39, 0.29) is 23.8 Å². The topological polar surface area (TPSA) is 160 Å². The minimum atomic E-state index is -0.148. The van der Waals surface area contributed by atoms with Crippen LogP contribution in [0.15, 0.2) is 98.1 Å². The van der Waals surface area contributed by atoms with E-state index in [1.807, 2.05) is 38.1 Å². The highest BCUT2D eigenvalue weighted by Gasteiger charge is 2.08. The summed E-state index contributed by atoms with van der Waals surface area (Å²) in [6.07, 6.45) is 13.4. The van der Waals surface area contributed by atoms with Gasteiger partial charge in [0.1, 0.15) is 5.78 Å². The van der Waals surface area contributed by atoms with E-state index < -0.39 is 0 Å². The zero-order chi connectivity index (χ0) is 34.2. The Morgan fingerprint density at radius 2 is 0.872 bits per heavy atom. The number of carbonyl (C=O) groups is 3. The zero-order valence-electron chi connectivity index (χ0n) is 27.4. The Morgan fingerprint density at radius 1 is 0.532 bits per heavy atom. The van der Waals surface area contributed by atoms with Gasteiger partial charge in [-0.25, -0.2) is 0 Å². The summed E-state index contributed by atoms with van der Waals surface area (Å²) in [5, 5.41) is 14.4. The summed E-state index contributed by atoms with van der Waals surface area (Å²) in [5.74, 6) is -0.181. The monoisotopic (exact) mass is 630 g/mol. The average Bonchev–Trinajstić information content (AvgIpc) is 3.62. The Hall–Kier alpha value is -5.97. The van der Waals surface area contributed by atoms with E-state index in [1.54, 1.807) is 61.4 Å². The van der Waals surface area contributed by atoms with Crippen molar-refractivity contribution in [2.24, 2.45) is 0 Å². The molecular weight excluding hydrogens is 592 g/mol. The van der Waals surface area contributed by atoms with Crippen molar-refractivity contribution >= 4 is 17.3 Å². The zero-order valence-corrected chi connectivity index (χ0v) is 27.4. The van der Waals surface area contributed by atoms with Crippen LogP contribution in [0.25, 0.3) is 22.5 Å². The molecule has 0 atom stereocenters. The molecule has 6 aromatic heterocycles. The third kappa shape index (κ3) is 11.2.